The number of aryl methyl sites for hydroxylation is 1. The Kier molecular flexibility index (Phi) is 6.73. The average Bonchev–Trinajstić information content (AvgIpc) is 3.58. The third kappa shape index (κ3) is 4.89. The van der Waals surface area contributed by atoms with Crippen LogP contribution in [-0.4, -0.2) is 49.9 Å². The Morgan fingerprint density at radius 2 is 1.72 bits per heavy atom. The van der Waals surface area contributed by atoms with Gasteiger partial charge in [-0.1, -0.05) is 6.07 Å². The number of nitrogens with one attached hydrogen (secondary N) is 2. The fourth-order valence-corrected chi connectivity index (χ4v) is 5.56. The first-order valence-corrected chi connectivity index (χ1v) is 15.0. The fourth-order valence-electron chi connectivity index (χ4n) is 5.06. The molecular weight excluding hydrogens is 576 g/mol. The Bertz CT molecular complexity index is 2170. The summed E-state index contributed by atoms with van der Waals surface area (Å²) in [5, 5.41) is 12.1. The van der Waals surface area contributed by atoms with Gasteiger partial charge in [-0.3, -0.25) is 9.10 Å². The molecule has 0 aliphatic carbocycles. The van der Waals surface area contributed by atoms with E-state index in [2.05, 4.69) is 20.5 Å². The zero-order chi connectivity index (χ0) is 30.6. The van der Waals surface area contributed by atoms with E-state index in [1.807, 2.05) is 0 Å². The Labute approximate surface area is 245 Å². The average molecular weight is 602 g/mol. The zero-order valence-electron chi connectivity index (χ0n) is 23.5. The summed E-state index contributed by atoms with van der Waals surface area (Å²) in [6.45, 7) is 1.73. The number of carbonyl (C=O) groups excluding carboxylic acids is 1. The summed E-state index contributed by atoms with van der Waals surface area (Å²) < 4.78 is 60.9. The molecule has 3 heterocycles. The van der Waals surface area contributed by atoms with Crippen LogP contribution in [0.15, 0.2) is 71.1 Å². The molecule has 12 heteroatoms. The van der Waals surface area contributed by atoms with Gasteiger partial charge in [-0.15, -0.1) is 5.10 Å². The fraction of sp³-hybridized carbons (Fsp3) is 0.129. The minimum absolute atomic E-state index is 0.199. The van der Waals surface area contributed by atoms with Crippen molar-refractivity contribution in [2.24, 2.45) is 0 Å². The van der Waals surface area contributed by atoms with Gasteiger partial charge in [-0.25, -0.2) is 17.2 Å². The molecule has 218 valence electrons. The van der Waals surface area contributed by atoms with Crippen molar-refractivity contribution < 1.29 is 26.4 Å². The number of aromatic amines is 1. The molecule has 0 saturated heterocycles. The van der Waals surface area contributed by atoms with E-state index in [1.165, 1.54) is 44.4 Å². The van der Waals surface area contributed by atoms with Crippen LogP contribution in [0.25, 0.3) is 55.7 Å². The van der Waals surface area contributed by atoms with Gasteiger partial charge in [0.2, 0.25) is 10.0 Å². The molecule has 0 spiro atoms. The van der Waals surface area contributed by atoms with Crippen LogP contribution in [-0.2, 0) is 10.0 Å². The monoisotopic (exact) mass is 601 g/mol. The highest BCUT2D eigenvalue weighted by Crippen LogP contribution is 2.42. The number of furan rings is 1. The Hall–Kier alpha value is -5.10. The van der Waals surface area contributed by atoms with Crippen molar-refractivity contribution >= 4 is 43.5 Å². The molecule has 0 aliphatic heterocycles. The van der Waals surface area contributed by atoms with Gasteiger partial charge in [-0.05, 0) is 61.5 Å². The topological polar surface area (TPSA) is 121 Å². The van der Waals surface area contributed by atoms with E-state index in [9.17, 15) is 22.0 Å². The third-order valence-electron chi connectivity index (χ3n) is 7.36. The van der Waals surface area contributed by atoms with Crippen LogP contribution in [0.2, 0.25) is 0 Å². The zero-order valence-corrected chi connectivity index (χ0v) is 24.3. The number of amides is 1. The number of hydrogen-bond donors (Lipinski definition) is 2. The molecule has 0 aliphatic rings. The molecule has 3 aromatic carbocycles. The summed E-state index contributed by atoms with van der Waals surface area (Å²) in [4.78, 5) is 16.3. The first-order chi connectivity index (χ1) is 20.5. The first-order valence-electron chi connectivity index (χ1n) is 13.1. The van der Waals surface area contributed by atoms with Gasteiger partial charge in [0.25, 0.3) is 5.91 Å². The summed E-state index contributed by atoms with van der Waals surface area (Å²) in [6, 6.07) is 16.8. The summed E-state index contributed by atoms with van der Waals surface area (Å²) >= 11 is 0. The molecule has 3 aromatic heterocycles. The first kappa shape index (κ1) is 28.0. The number of carbonyl (C=O) groups is 1. The number of fused-ring (bicyclic) bond motifs is 2. The van der Waals surface area contributed by atoms with E-state index in [0.29, 0.717) is 50.1 Å². The molecule has 0 bridgehead atoms. The summed E-state index contributed by atoms with van der Waals surface area (Å²) in [7, 11) is -0.854. The molecule has 0 fully saturated rings. The Morgan fingerprint density at radius 1 is 0.977 bits per heavy atom. The molecule has 0 unspecified atom stereocenters. The molecule has 43 heavy (non-hydrogen) atoms. The number of hydrogen-bond acceptors (Lipinski definition) is 6. The lowest BCUT2D eigenvalue weighted by atomic mass is 9.97. The van der Waals surface area contributed by atoms with E-state index in [-0.39, 0.29) is 28.4 Å². The molecule has 0 atom stereocenters. The van der Waals surface area contributed by atoms with Crippen LogP contribution < -0.4 is 9.62 Å². The standard InChI is InChI=1S/C31H25F2N5O4S/c1-16-19(13-26(37-36-16)25-14-21-23(33)6-5-7-24(21)35-25)20-12-22-28(15-27(20)38(3)43(4,40)41)42-30(29(22)31(39)34-2)17-8-10-18(32)11-9-17/h5-15,35H,1-4H3,(H,34,39). The van der Waals surface area contributed by atoms with Crippen molar-refractivity contribution in [2.75, 3.05) is 24.7 Å². The Morgan fingerprint density at radius 3 is 2.40 bits per heavy atom. The molecule has 2 N–H and O–H groups in total. The number of rotatable bonds is 6. The number of H-pyrrole nitrogens is 1. The van der Waals surface area contributed by atoms with Crippen LogP contribution in [0.1, 0.15) is 16.1 Å². The maximum absolute atomic E-state index is 14.4. The molecular formula is C31H25F2N5O4S. The van der Waals surface area contributed by atoms with Gasteiger partial charge < -0.3 is 14.7 Å². The number of benzene rings is 3. The maximum Gasteiger partial charge on any atom is 0.255 e. The normalized spacial score (nSPS) is 11.8. The van der Waals surface area contributed by atoms with Crippen molar-refractivity contribution in [3.8, 4) is 33.8 Å². The van der Waals surface area contributed by atoms with Crippen LogP contribution in [0.4, 0.5) is 14.5 Å². The van der Waals surface area contributed by atoms with Crippen molar-refractivity contribution in [1.82, 2.24) is 20.5 Å². The van der Waals surface area contributed by atoms with E-state index in [4.69, 9.17) is 4.42 Å². The van der Waals surface area contributed by atoms with Crippen LogP contribution in [0.5, 0.6) is 0 Å². The lowest BCUT2D eigenvalue weighted by molar-refractivity contribution is 0.0964. The second-order valence-electron chi connectivity index (χ2n) is 10.1. The molecule has 9 nitrogen and oxygen atoms in total. The number of aromatic nitrogens is 3. The van der Waals surface area contributed by atoms with Gasteiger partial charge in [0.1, 0.15) is 28.7 Å². The predicted molar refractivity (Wildman–Crippen MR) is 161 cm³/mol. The third-order valence-corrected chi connectivity index (χ3v) is 8.55. The summed E-state index contributed by atoms with van der Waals surface area (Å²) in [5.41, 5.74) is 4.13. The second-order valence-corrected chi connectivity index (χ2v) is 12.1. The lowest BCUT2D eigenvalue weighted by Crippen LogP contribution is -2.25. The van der Waals surface area contributed by atoms with E-state index >= 15 is 0 Å². The highest BCUT2D eigenvalue weighted by molar-refractivity contribution is 7.92. The molecule has 1 amide bonds. The minimum Gasteiger partial charge on any atom is -0.455 e. The lowest BCUT2D eigenvalue weighted by Gasteiger charge is -2.21. The van der Waals surface area contributed by atoms with Crippen molar-refractivity contribution in [3.05, 3.63) is 89.6 Å². The van der Waals surface area contributed by atoms with E-state index in [0.717, 1.165) is 10.6 Å². The van der Waals surface area contributed by atoms with Crippen LogP contribution in [0.3, 0.4) is 0 Å². The quantitative estimate of drug-likeness (QED) is 0.240. The molecule has 6 rings (SSSR count). The van der Waals surface area contributed by atoms with E-state index in [1.54, 1.807) is 43.3 Å². The van der Waals surface area contributed by atoms with Crippen LogP contribution in [0, 0.1) is 18.6 Å². The summed E-state index contributed by atoms with van der Waals surface area (Å²) in [6.07, 6.45) is 1.07. The van der Waals surface area contributed by atoms with Gasteiger partial charge in [0.05, 0.1) is 28.9 Å². The largest absolute Gasteiger partial charge is 0.455 e. The predicted octanol–water partition coefficient (Wildman–Crippen LogP) is 6.05. The van der Waals surface area contributed by atoms with Gasteiger partial charge >= 0.3 is 0 Å². The van der Waals surface area contributed by atoms with Crippen molar-refractivity contribution in [3.63, 3.8) is 0 Å². The van der Waals surface area contributed by atoms with Crippen LogP contribution >= 0.6 is 0 Å². The smallest absolute Gasteiger partial charge is 0.255 e. The van der Waals surface area contributed by atoms with Gasteiger partial charge in [0.15, 0.2) is 0 Å². The molecule has 0 saturated carbocycles. The van der Waals surface area contributed by atoms with Gasteiger partial charge in [-0.2, -0.15) is 5.10 Å². The van der Waals surface area contributed by atoms with Crippen molar-refractivity contribution in [2.45, 2.75) is 6.92 Å². The molecule has 6 aromatic rings. The summed E-state index contributed by atoms with van der Waals surface area (Å²) in [5.74, 6) is -1.08. The van der Waals surface area contributed by atoms with Crippen molar-refractivity contribution in [1.29, 1.82) is 0 Å². The van der Waals surface area contributed by atoms with E-state index < -0.39 is 21.7 Å². The number of sulfonamides is 1. The highest BCUT2D eigenvalue weighted by atomic mass is 32.2. The SMILES string of the molecule is CNC(=O)c1c(-c2ccc(F)cc2)oc2cc(N(C)S(C)(=O)=O)c(-c3cc(-c4cc5c(F)cccc5[nH]4)nnc3C)cc12. The second kappa shape index (κ2) is 10.3. The molecule has 0 radical (unpaired) electrons. The minimum atomic E-state index is -3.75. The van der Waals surface area contributed by atoms with Gasteiger partial charge in [0, 0.05) is 53.1 Å². The maximum atomic E-state index is 14.4. The number of anilines is 1. The Balaban J connectivity index is 1.64. The number of nitrogens with zero attached hydrogens (tertiary/aromatic N) is 3. The highest BCUT2D eigenvalue weighted by Gasteiger charge is 2.27. The number of halogens is 2.